The van der Waals surface area contributed by atoms with Crippen LogP contribution in [0.5, 0.6) is 5.88 Å². The molecule has 0 N–H and O–H groups in total. The first kappa shape index (κ1) is 17.5. The second kappa shape index (κ2) is 5.34. The molecule has 0 spiro atoms. The highest BCUT2D eigenvalue weighted by atomic mass is 28.4. The number of hydrogen-bond acceptors (Lipinski definition) is 3. The minimum absolute atomic E-state index is 0.781. The van der Waals surface area contributed by atoms with Crippen molar-refractivity contribution in [2.45, 2.75) is 58.9 Å². The van der Waals surface area contributed by atoms with Crippen LogP contribution < -0.4 is 8.66 Å². The molecule has 0 bridgehead atoms. The van der Waals surface area contributed by atoms with Crippen molar-refractivity contribution in [2.75, 3.05) is 4.23 Å². The average molecular weight is 330 g/mol. The third-order valence-electron chi connectivity index (χ3n) is 2.78. The molecule has 1 aromatic heterocycles. The Hall–Kier alpha value is -0.539. The van der Waals surface area contributed by atoms with E-state index in [4.69, 9.17) is 9.41 Å². The van der Waals surface area contributed by atoms with E-state index < -0.39 is 24.8 Å². The first-order valence-corrected chi connectivity index (χ1v) is 17.5. The molecule has 1 rings (SSSR count). The Kier molecular flexibility index (Phi) is 4.68. The lowest BCUT2D eigenvalue weighted by Crippen LogP contribution is -2.60. The number of imidazole rings is 1. The zero-order valence-electron chi connectivity index (χ0n) is 14.8. The van der Waals surface area contributed by atoms with Crippen molar-refractivity contribution in [3.05, 3.63) is 6.20 Å². The highest BCUT2D eigenvalue weighted by molar-refractivity contribution is 6.99. The SMILES string of the molecule is Cn1cc(O[Si](C)(C)C)nc1N([Si](C)(C)C)[Si](C)(C)C. The second-order valence-electron chi connectivity index (χ2n) is 8.38. The van der Waals surface area contributed by atoms with Crippen molar-refractivity contribution in [1.29, 1.82) is 0 Å². The Morgan fingerprint density at radius 3 is 1.75 bits per heavy atom. The van der Waals surface area contributed by atoms with Crippen LogP contribution in [0, 0.1) is 0 Å². The van der Waals surface area contributed by atoms with Crippen LogP contribution in [-0.4, -0.2) is 34.3 Å². The fourth-order valence-electron chi connectivity index (χ4n) is 2.61. The lowest BCUT2D eigenvalue weighted by Gasteiger charge is -2.44. The number of aromatic nitrogens is 2. The van der Waals surface area contributed by atoms with Gasteiger partial charge in [-0.15, -0.1) is 0 Å². The second-order valence-corrected chi connectivity index (χ2v) is 22.8. The van der Waals surface area contributed by atoms with Crippen molar-refractivity contribution >= 4 is 30.7 Å². The number of nitrogens with zero attached hydrogens (tertiary/aromatic N) is 3. The van der Waals surface area contributed by atoms with E-state index in [2.05, 4.69) is 74.8 Å². The summed E-state index contributed by atoms with van der Waals surface area (Å²) in [5.74, 6) is 1.86. The summed E-state index contributed by atoms with van der Waals surface area (Å²) < 4.78 is 10.8. The number of aryl methyl sites for hydroxylation is 1. The van der Waals surface area contributed by atoms with Crippen LogP contribution in [0.4, 0.5) is 5.95 Å². The number of anilines is 1. The van der Waals surface area contributed by atoms with Crippen LogP contribution in [-0.2, 0) is 7.05 Å². The molecule has 0 amide bonds. The summed E-state index contributed by atoms with van der Waals surface area (Å²) in [6.45, 7) is 20.9. The maximum absolute atomic E-state index is 6.05. The van der Waals surface area contributed by atoms with Crippen LogP contribution in [0.1, 0.15) is 0 Å². The lowest BCUT2D eigenvalue weighted by molar-refractivity contribution is 0.537. The molecule has 0 atom stereocenters. The zero-order chi connectivity index (χ0) is 15.9. The van der Waals surface area contributed by atoms with Crippen molar-refractivity contribution < 1.29 is 4.43 Å². The molecule has 1 aromatic rings. The topological polar surface area (TPSA) is 30.3 Å². The van der Waals surface area contributed by atoms with Crippen molar-refractivity contribution in [2.24, 2.45) is 7.05 Å². The van der Waals surface area contributed by atoms with E-state index in [0.29, 0.717) is 0 Å². The van der Waals surface area contributed by atoms with Gasteiger partial charge in [-0.25, -0.2) is 0 Å². The van der Waals surface area contributed by atoms with Gasteiger partial charge in [0.25, 0.3) is 0 Å². The fourth-order valence-corrected chi connectivity index (χ4v) is 13.0. The number of rotatable bonds is 5. The quantitative estimate of drug-likeness (QED) is 0.762. The van der Waals surface area contributed by atoms with E-state index in [0.717, 1.165) is 11.8 Å². The Labute approximate surface area is 127 Å². The van der Waals surface area contributed by atoms with Gasteiger partial charge in [-0.05, 0) is 19.6 Å². The predicted octanol–water partition coefficient (Wildman–Crippen LogP) is 4.11. The summed E-state index contributed by atoms with van der Waals surface area (Å²) in [6.07, 6.45) is 2.03. The van der Waals surface area contributed by atoms with Gasteiger partial charge in [-0.2, -0.15) is 4.98 Å². The molecule has 0 unspecified atom stereocenters. The summed E-state index contributed by atoms with van der Waals surface area (Å²) in [5.41, 5.74) is 0. The minimum atomic E-state index is -1.61. The normalized spacial score (nSPS) is 13.5. The van der Waals surface area contributed by atoms with Gasteiger partial charge in [0.15, 0.2) is 5.95 Å². The van der Waals surface area contributed by atoms with Crippen molar-refractivity contribution in [1.82, 2.24) is 9.55 Å². The average Bonchev–Trinajstić information content (AvgIpc) is 2.37. The fraction of sp³-hybridized carbons (Fsp3) is 0.769. The molecule has 0 saturated heterocycles. The van der Waals surface area contributed by atoms with Gasteiger partial charge in [0.1, 0.15) is 16.5 Å². The maximum Gasteiger partial charge on any atom is 0.244 e. The molecule has 0 saturated carbocycles. The largest absolute Gasteiger partial charge is 0.530 e. The van der Waals surface area contributed by atoms with Gasteiger partial charge in [0.2, 0.25) is 14.2 Å². The molecule has 116 valence electrons. The molecule has 20 heavy (non-hydrogen) atoms. The van der Waals surface area contributed by atoms with Crippen LogP contribution in [0.25, 0.3) is 0 Å². The van der Waals surface area contributed by atoms with E-state index in [1.807, 2.05) is 6.20 Å². The number of hydrogen-bond donors (Lipinski definition) is 0. The van der Waals surface area contributed by atoms with E-state index in [1.54, 1.807) is 0 Å². The summed E-state index contributed by atoms with van der Waals surface area (Å²) in [5, 5.41) is 0. The third-order valence-corrected chi connectivity index (χ3v) is 10.7. The summed E-state index contributed by atoms with van der Waals surface area (Å²) in [4.78, 5) is 4.80. The zero-order valence-corrected chi connectivity index (χ0v) is 17.8. The molecule has 0 radical (unpaired) electrons. The van der Waals surface area contributed by atoms with E-state index in [9.17, 15) is 0 Å². The van der Waals surface area contributed by atoms with E-state index in [1.165, 1.54) is 0 Å². The Bertz CT molecular complexity index is 453. The monoisotopic (exact) mass is 329 g/mol. The highest BCUT2D eigenvalue weighted by Gasteiger charge is 2.37. The summed E-state index contributed by atoms with van der Waals surface area (Å²) in [6, 6.07) is 0. The van der Waals surface area contributed by atoms with Gasteiger partial charge >= 0.3 is 0 Å². The summed E-state index contributed by atoms with van der Waals surface area (Å²) in [7, 11) is -2.47. The molecule has 4 nitrogen and oxygen atoms in total. The van der Waals surface area contributed by atoms with Crippen molar-refractivity contribution in [3.63, 3.8) is 0 Å². The van der Waals surface area contributed by atoms with E-state index >= 15 is 0 Å². The molecule has 7 heteroatoms. The maximum atomic E-state index is 6.05. The molecular formula is C13H31N3OSi3. The molecule has 0 aliphatic rings. The van der Waals surface area contributed by atoms with Crippen molar-refractivity contribution in [3.8, 4) is 5.88 Å². The molecule has 0 aliphatic heterocycles. The van der Waals surface area contributed by atoms with Crippen LogP contribution in [0.15, 0.2) is 6.20 Å². The first-order chi connectivity index (χ1) is 8.72. The van der Waals surface area contributed by atoms with Crippen LogP contribution in [0.2, 0.25) is 58.9 Å². The smallest absolute Gasteiger partial charge is 0.244 e. The third kappa shape index (κ3) is 4.49. The minimum Gasteiger partial charge on any atom is -0.530 e. The molecule has 1 heterocycles. The Morgan fingerprint density at radius 1 is 0.950 bits per heavy atom. The van der Waals surface area contributed by atoms with Crippen LogP contribution >= 0.6 is 0 Å². The van der Waals surface area contributed by atoms with E-state index in [-0.39, 0.29) is 0 Å². The Balaban J connectivity index is 3.23. The molecular weight excluding hydrogens is 298 g/mol. The standard InChI is InChI=1S/C13H31N3OSi3/c1-15-11-12(17-20(8,9)10)14-13(15)16(18(2,3)4)19(5,6)7/h11H,1-10H3. The summed E-state index contributed by atoms with van der Waals surface area (Å²) >= 11 is 0. The molecule has 0 fully saturated rings. The van der Waals surface area contributed by atoms with Gasteiger partial charge in [0, 0.05) is 7.05 Å². The van der Waals surface area contributed by atoms with Gasteiger partial charge < -0.3 is 13.2 Å². The van der Waals surface area contributed by atoms with Crippen LogP contribution in [0.3, 0.4) is 0 Å². The lowest BCUT2D eigenvalue weighted by atomic mass is 10.8. The molecule has 0 aliphatic carbocycles. The first-order valence-electron chi connectivity index (χ1n) is 7.24. The Morgan fingerprint density at radius 2 is 1.40 bits per heavy atom. The highest BCUT2D eigenvalue weighted by Crippen LogP contribution is 2.29. The molecule has 0 aromatic carbocycles. The van der Waals surface area contributed by atoms with Gasteiger partial charge in [0.05, 0.1) is 6.20 Å². The predicted molar refractivity (Wildman–Crippen MR) is 96.4 cm³/mol. The van der Waals surface area contributed by atoms with Gasteiger partial charge in [-0.1, -0.05) is 39.3 Å². The van der Waals surface area contributed by atoms with Gasteiger partial charge in [-0.3, -0.25) is 0 Å².